The number of aromatic nitrogens is 2. The second-order valence-electron chi connectivity index (χ2n) is 3.25. The third-order valence-corrected chi connectivity index (χ3v) is 2.17. The van der Waals surface area contributed by atoms with Crippen LogP contribution in [0.3, 0.4) is 0 Å². The minimum absolute atomic E-state index is 0.177. The van der Waals surface area contributed by atoms with Crippen molar-refractivity contribution in [2.45, 2.75) is 0 Å². The van der Waals surface area contributed by atoms with Crippen LogP contribution < -0.4 is 0 Å². The maximum absolute atomic E-state index is 11.9. The van der Waals surface area contributed by atoms with Gasteiger partial charge in [0, 0.05) is 18.0 Å². The lowest BCUT2D eigenvalue weighted by molar-refractivity contribution is 0.104. The maximum atomic E-state index is 11.9. The normalized spacial score (nSPS) is 9.75. The first-order valence-electron chi connectivity index (χ1n) is 4.85. The Labute approximate surface area is 93.5 Å². The van der Waals surface area contributed by atoms with E-state index in [0.717, 1.165) is 5.56 Å². The predicted molar refractivity (Wildman–Crippen MR) is 61.8 cm³/mol. The lowest BCUT2D eigenvalue weighted by atomic mass is 10.0. The van der Waals surface area contributed by atoms with E-state index in [4.69, 9.17) is 0 Å². The van der Waals surface area contributed by atoms with E-state index in [2.05, 4.69) is 16.5 Å². The molecule has 2 rings (SSSR count). The number of carbonyl (C=O) groups is 1. The van der Waals surface area contributed by atoms with Gasteiger partial charge in [0.15, 0.2) is 0 Å². The maximum Gasteiger partial charge on any atom is 0.230 e. The number of hydrogen-bond acceptors (Lipinski definition) is 3. The SMILES string of the molecule is C=C(C(=O)c1ncccn1)c1ccccc1. The zero-order chi connectivity index (χ0) is 11.4. The molecule has 0 aliphatic heterocycles. The van der Waals surface area contributed by atoms with Gasteiger partial charge in [-0.3, -0.25) is 4.79 Å². The van der Waals surface area contributed by atoms with Crippen LogP contribution in [0.1, 0.15) is 16.2 Å². The average Bonchev–Trinajstić information content (AvgIpc) is 2.39. The van der Waals surface area contributed by atoms with E-state index in [1.165, 1.54) is 0 Å². The summed E-state index contributed by atoms with van der Waals surface area (Å²) in [6.07, 6.45) is 3.08. The number of carbonyl (C=O) groups excluding carboxylic acids is 1. The molecule has 0 aliphatic carbocycles. The van der Waals surface area contributed by atoms with Crippen molar-refractivity contribution in [1.82, 2.24) is 9.97 Å². The zero-order valence-corrected chi connectivity index (χ0v) is 8.63. The van der Waals surface area contributed by atoms with E-state index in [1.807, 2.05) is 30.3 Å². The molecule has 0 radical (unpaired) electrons. The van der Waals surface area contributed by atoms with Crippen LogP contribution in [0.2, 0.25) is 0 Å². The second-order valence-corrected chi connectivity index (χ2v) is 3.25. The van der Waals surface area contributed by atoms with Gasteiger partial charge in [0.05, 0.1) is 0 Å². The second kappa shape index (κ2) is 4.49. The van der Waals surface area contributed by atoms with Crippen LogP contribution in [0.15, 0.2) is 55.4 Å². The molecule has 1 aromatic heterocycles. The van der Waals surface area contributed by atoms with E-state index in [-0.39, 0.29) is 11.6 Å². The van der Waals surface area contributed by atoms with Crippen molar-refractivity contribution in [3.63, 3.8) is 0 Å². The molecule has 0 fully saturated rings. The monoisotopic (exact) mass is 210 g/mol. The zero-order valence-electron chi connectivity index (χ0n) is 8.63. The molecule has 1 aromatic carbocycles. The van der Waals surface area contributed by atoms with Crippen molar-refractivity contribution in [3.05, 3.63) is 66.8 Å². The van der Waals surface area contributed by atoms with Crippen molar-refractivity contribution >= 4 is 11.4 Å². The highest BCUT2D eigenvalue weighted by molar-refractivity contribution is 6.26. The van der Waals surface area contributed by atoms with E-state index in [1.54, 1.807) is 18.5 Å². The Bertz CT molecular complexity index is 456. The Morgan fingerprint density at radius 1 is 1.00 bits per heavy atom. The molecular weight excluding hydrogens is 200 g/mol. The van der Waals surface area contributed by atoms with Crippen LogP contribution in [0, 0.1) is 0 Å². The molecule has 3 nitrogen and oxygen atoms in total. The summed E-state index contributed by atoms with van der Waals surface area (Å²) in [6.45, 7) is 3.77. The molecule has 2 aromatic rings. The number of ketones is 1. The van der Waals surface area contributed by atoms with Crippen LogP contribution >= 0.6 is 0 Å². The Morgan fingerprint density at radius 3 is 2.25 bits per heavy atom. The third-order valence-electron chi connectivity index (χ3n) is 2.17. The van der Waals surface area contributed by atoms with Gasteiger partial charge in [0.25, 0.3) is 0 Å². The molecule has 0 spiro atoms. The van der Waals surface area contributed by atoms with Crippen molar-refractivity contribution in [2.24, 2.45) is 0 Å². The summed E-state index contributed by atoms with van der Waals surface area (Å²) in [5.74, 6) is -0.0665. The van der Waals surface area contributed by atoms with Gasteiger partial charge in [-0.05, 0) is 11.6 Å². The fourth-order valence-corrected chi connectivity index (χ4v) is 1.32. The van der Waals surface area contributed by atoms with Crippen molar-refractivity contribution in [2.75, 3.05) is 0 Å². The van der Waals surface area contributed by atoms with Gasteiger partial charge in [-0.2, -0.15) is 0 Å². The Morgan fingerprint density at radius 2 is 1.62 bits per heavy atom. The number of benzene rings is 1. The smallest absolute Gasteiger partial charge is 0.230 e. The summed E-state index contributed by atoms with van der Waals surface area (Å²) < 4.78 is 0. The molecule has 0 atom stereocenters. The summed E-state index contributed by atoms with van der Waals surface area (Å²) in [4.78, 5) is 19.7. The van der Waals surface area contributed by atoms with Gasteiger partial charge in [-0.25, -0.2) is 9.97 Å². The van der Waals surface area contributed by atoms with Crippen LogP contribution in [0.4, 0.5) is 0 Å². The van der Waals surface area contributed by atoms with Crippen LogP contribution in [-0.2, 0) is 0 Å². The molecule has 3 heteroatoms. The van der Waals surface area contributed by atoms with Crippen molar-refractivity contribution < 1.29 is 4.79 Å². The van der Waals surface area contributed by atoms with Crippen molar-refractivity contribution in [3.8, 4) is 0 Å². The van der Waals surface area contributed by atoms with Crippen molar-refractivity contribution in [1.29, 1.82) is 0 Å². The number of hydrogen-bond donors (Lipinski definition) is 0. The van der Waals surface area contributed by atoms with Gasteiger partial charge in [-0.15, -0.1) is 0 Å². The predicted octanol–water partition coefficient (Wildman–Crippen LogP) is 2.37. The summed E-state index contributed by atoms with van der Waals surface area (Å²) >= 11 is 0. The topological polar surface area (TPSA) is 42.9 Å². The highest BCUT2D eigenvalue weighted by Gasteiger charge is 2.13. The van der Waals surface area contributed by atoms with E-state index in [0.29, 0.717) is 5.57 Å². The Kier molecular flexibility index (Phi) is 2.87. The molecule has 78 valence electrons. The molecule has 0 saturated carbocycles. The van der Waals surface area contributed by atoms with Gasteiger partial charge >= 0.3 is 0 Å². The third kappa shape index (κ3) is 2.03. The molecule has 0 saturated heterocycles. The largest absolute Gasteiger partial charge is 0.285 e. The quantitative estimate of drug-likeness (QED) is 0.577. The molecule has 0 bridgehead atoms. The first-order chi connectivity index (χ1) is 7.79. The summed E-state index contributed by atoms with van der Waals surface area (Å²) in [6, 6.07) is 11.0. The average molecular weight is 210 g/mol. The molecule has 0 aliphatic rings. The first kappa shape index (κ1) is 10.2. The van der Waals surface area contributed by atoms with Crippen LogP contribution in [-0.4, -0.2) is 15.8 Å². The molecular formula is C13H10N2O. The first-order valence-corrected chi connectivity index (χ1v) is 4.85. The molecule has 0 amide bonds. The van der Waals surface area contributed by atoms with E-state index >= 15 is 0 Å². The molecule has 16 heavy (non-hydrogen) atoms. The van der Waals surface area contributed by atoms with Gasteiger partial charge in [0.2, 0.25) is 11.6 Å². The minimum Gasteiger partial charge on any atom is -0.285 e. The Balaban J connectivity index is 2.28. The van der Waals surface area contributed by atoms with Gasteiger partial charge in [0.1, 0.15) is 0 Å². The lowest BCUT2D eigenvalue weighted by Crippen LogP contribution is -2.06. The summed E-state index contributed by atoms with van der Waals surface area (Å²) in [7, 11) is 0. The molecule has 0 N–H and O–H groups in total. The molecule has 0 unspecified atom stereocenters. The lowest BCUT2D eigenvalue weighted by Gasteiger charge is -2.02. The highest BCUT2D eigenvalue weighted by Crippen LogP contribution is 2.15. The summed E-state index contributed by atoms with van der Waals surface area (Å²) in [5.41, 5.74) is 1.20. The fourth-order valence-electron chi connectivity index (χ4n) is 1.32. The number of nitrogens with zero attached hydrogens (tertiary/aromatic N) is 2. The number of Topliss-reactive ketones (excluding diaryl/α,β-unsaturated/α-hetero) is 1. The van der Waals surface area contributed by atoms with Crippen LogP contribution in [0.25, 0.3) is 5.57 Å². The Hall–Kier alpha value is -2.29. The van der Waals surface area contributed by atoms with Gasteiger partial charge in [-0.1, -0.05) is 36.9 Å². The number of allylic oxidation sites excluding steroid dienone is 1. The minimum atomic E-state index is -0.244. The molecule has 1 heterocycles. The number of rotatable bonds is 3. The van der Waals surface area contributed by atoms with Crippen LogP contribution in [0.5, 0.6) is 0 Å². The fraction of sp³-hybridized carbons (Fsp3) is 0. The van der Waals surface area contributed by atoms with E-state index in [9.17, 15) is 4.79 Å². The van der Waals surface area contributed by atoms with Gasteiger partial charge < -0.3 is 0 Å². The standard InChI is InChI=1S/C13H10N2O/c1-10(11-6-3-2-4-7-11)12(16)13-14-8-5-9-15-13/h2-9H,1H2. The van der Waals surface area contributed by atoms with E-state index < -0.39 is 0 Å². The summed E-state index contributed by atoms with van der Waals surface area (Å²) in [5, 5.41) is 0. The highest BCUT2D eigenvalue weighted by atomic mass is 16.1.